The van der Waals surface area contributed by atoms with Crippen LogP contribution in [-0.2, 0) is 0 Å². The van der Waals surface area contributed by atoms with Crippen molar-refractivity contribution in [3.8, 4) is 11.3 Å². The molecule has 0 bridgehead atoms. The second-order valence-electron chi connectivity index (χ2n) is 4.79. The molecule has 0 aliphatic heterocycles. The van der Waals surface area contributed by atoms with Crippen LogP contribution in [0, 0.1) is 6.57 Å². The van der Waals surface area contributed by atoms with Crippen LogP contribution < -0.4 is 0 Å². The highest BCUT2D eigenvalue weighted by molar-refractivity contribution is 7.26. The normalized spacial score (nSPS) is 10.8. The summed E-state index contributed by atoms with van der Waals surface area (Å²) in [5.41, 5.74) is 2.82. The lowest BCUT2D eigenvalue weighted by Gasteiger charge is -2.01. The van der Waals surface area contributed by atoms with E-state index in [1.807, 2.05) is 42.6 Å². The lowest BCUT2D eigenvalue weighted by molar-refractivity contribution is 1.33. The molecule has 2 heterocycles. The van der Waals surface area contributed by atoms with Gasteiger partial charge >= 0.3 is 0 Å². The predicted octanol–water partition coefficient (Wildman–Crippen LogP) is 5.67. The maximum atomic E-state index is 7.18. The van der Waals surface area contributed by atoms with Gasteiger partial charge < -0.3 is 0 Å². The zero-order valence-corrected chi connectivity index (χ0v) is 11.9. The second-order valence-corrected chi connectivity index (χ2v) is 5.84. The van der Waals surface area contributed by atoms with Crippen molar-refractivity contribution >= 4 is 37.2 Å². The lowest BCUT2D eigenvalue weighted by atomic mass is 10.1. The van der Waals surface area contributed by atoms with E-state index in [4.69, 9.17) is 6.57 Å². The van der Waals surface area contributed by atoms with Gasteiger partial charge in [0.2, 0.25) is 0 Å². The van der Waals surface area contributed by atoms with Crippen molar-refractivity contribution < 1.29 is 0 Å². The van der Waals surface area contributed by atoms with E-state index in [0.717, 1.165) is 16.6 Å². The molecule has 0 aliphatic rings. The SMILES string of the molecule is [C-]#[N+]c1ccc2sc3c(-c4ccccn4)cccc3c2c1. The average molecular weight is 286 g/mol. The molecule has 2 aromatic heterocycles. The average Bonchev–Trinajstić information content (AvgIpc) is 2.93. The monoisotopic (exact) mass is 286 g/mol. The van der Waals surface area contributed by atoms with E-state index in [1.54, 1.807) is 11.3 Å². The first kappa shape index (κ1) is 12.1. The summed E-state index contributed by atoms with van der Waals surface area (Å²) in [6.07, 6.45) is 1.82. The van der Waals surface area contributed by atoms with Crippen molar-refractivity contribution in [2.24, 2.45) is 0 Å². The third-order valence-electron chi connectivity index (χ3n) is 3.55. The van der Waals surface area contributed by atoms with E-state index in [2.05, 4.69) is 28.0 Å². The highest BCUT2D eigenvalue weighted by Gasteiger charge is 2.11. The van der Waals surface area contributed by atoms with E-state index >= 15 is 0 Å². The number of pyridine rings is 1. The zero-order valence-electron chi connectivity index (χ0n) is 11.1. The molecule has 2 nitrogen and oxygen atoms in total. The van der Waals surface area contributed by atoms with Crippen LogP contribution in [0.1, 0.15) is 0 Å². The Kier molecular flexibility index (Phi) is 2.70. The number of hydrogen-bond donors (Lipinski definition) is 0. The molecule has 98 valence electrons. The molecule has 0 unspecified atom stereocenters. The van der Waals surface area contributed by atoms with Gasteiger partial charge in [-0.2, -0.15) is 0 Å². The highest BCUT2D eigenvalue weighted by Crippen LogP contribution is 2.40. The van der Waals surface area contributed by atoms with Crippen LogP contribution >= 0.6 is 11.3 Å². The largest absolute Gasteiger partial charge is 0.256 e. The maximum Gasteiger partial charge on any atom is 0.187 e. The number of hydrogen-bond acceptors (Lipinski definition) is 2. The van der Waals surface area contributed by atoms with Crippen LogP contribution in [0.15, 0.2) is 60.8 Å². The van der Waals surface area contributed by atoms with E-state index in [1.165, 1.54) is 14.8 Å². The molecule has 0 radical (unpaired) electrons. The number of thiophene rings is 1. The Balaban J connectivity index is 2.09. The van der Waals surface area contributed by atoms with Crippen LogP contribution in [0.4, 0.5) is 5.69 Å². The molecule has 4 rings (SSSR count). The number of benzene rings is 2. The highest BCUT2D eigenvalue weighted by atomic mass is 32.1. The Morgan fingerprint density at radius 3 is 2.71 bits per heavy atom. The second kappa shape index (κ2) is 4.69. The molecular weight excluding hydrogens is 276 g/mol. The van der Waals surface area contributed by atoms with Gasteiger partial charge in [0.15, 0.2) is 5.69 Å². The topological polar surface area (TPSA) is 17.2 Å². The maximum absolute atomic E-state index is 7.18. The fourth-order valence-electron chi connectivity index (χ4n) is 2.58. The van der Waals surface area contributed by atoms with Crippen LogP contribution in [0.3, 0.4) is 0 Å². The number of nitrogens with zero attached hydrogens (tertiary/aromatic N) is 2. The minimum absolute atomic E-state index is 0.686. The zero-order chi connectivity index (χ0) is 14.2. The van der Waals surface area contributed by atoms with Gasteiger partial charge in [-0.3, -0.25) is 4.98 Å². The minimum Gasteiger partial charge on any atom is -0.256 e. The van der Waals surface area contributed by atoms with Gasteiger partial charge in [0, 0.05) is 21.2 Å². The molecule has 21 heavy (non-hydrogen) atoms. The third-order valence-corrected chi connectivity index (χ3v) is 4.77. The summed E-state index contributed by atoms with van der Waals surface area (Å²) in [4.78, 5) is 7.99. The summed E-state index contributed by atoms with van der Waals surface area (Å²) < 4.78 is 2.44. The molecule has 4 aromatic rings. The molecule has 0 spiro atoms. The molecule has 0 aliphatic carbocycles. The summed E-state index contributed by atoms with van der Waals surface area (Å²) in [5.74, 6) is 0. The molecular formula is C18H10N2S. The Morgan fingerprint density at radius 2 is 1.90 bits per heavy atom. The molecule has 0 saturated carbocycles. The van der Waals surface area contributed by atoms with Gasteiger partial charge in [-0.05, 0) is 29.0 Å². The Bertz CT molecular complexity index is 994. The summed E-state index contributed by atoms with van der Waals surface area (Å²) in [5, 5.41) is 2.35. The van der Waals surface area contributed by atoms with Crippen molar-refractivity contribution in [3.63, 3.8) is 0 Å². The smallest absolute Gasteiger partial charge is 0.187 e. The number of fused-ring (bicyclic) bond motifs is 3. The molecule has 0 N–H and O–H groups in total. The summed E-state index contributed by atoms with van der Waals surface area (Å²) >= 11 is 1.76. The van der Waals surface area contributed by atoms with Gasteiger partial charge in [-0.25, -0.2) is 4.85 Å². The quantitative estimate of drug-likeness (QED) is 0.412. The molecule has 3 heteroatoms. The van der Waals surface area contributed by atoms with Crippen molar-refractivity contribution in [2.75, 3.05) is 0 Å². The summed E-state index contributed by atoms with van der Waals surface area (Å²) in [7, 11) is 0. The minimum atomic E-state index is 0.686. The number of aromatic nitrogens is 1. The van der Waals surface area contributed by atoms with Gasteiger partial charge in [-0.1, -0.05) is 36.4 Å². The van der Waals surface area contributed by atoms with Gasteiger partial charge in [0.1, 0.15) is 0 Å². The number of rotatable bonds is 1. The fourth-order valence-corrected chi connectivity index (χ4v) is 3.79. The van der Waals surface area contributed by atoms with Gasteiger partial charge in [0.25, 0.3) is 0 Å². The first-order valence-electron chi connectivity index (χ1n) is 6.61. The lowest BCUT2D eigenvalue weighted by Crippen LogP contribution is -1.81. The third kappa shape index (κ3) is 1.89. The molecule has 0 saturated heterocycles. The Hall–Kier alpha value is -2.70. The molecule has 0 fully saturated rings. The van der Waals surface area contributed by atoms with Gasteiger partial charge in [-0.15, -0.1) is 11.3 Å². The van der Waals surface area contributed by atoms with Crippen LogP contribution in [0.5, 0.6) is 0 Å². The first-order chi connectivity index (χ1) is 10.4. The molecule has 0 atom stereocenters. The van der Waals surface area contributed by atoms with Crippen molar-refractivity contribution in [1.82, 2.24) is 4.98 Å². The molecule has 0 amide bonds. The summed E-state index contributed by atoms with van der Waals surface area (Å²) in [6.45, 7) is 7.18. The van der Waals surface area contributed by atoms with Crippen LogP contribution in [-0.4, -0.2) is 4.98 Å². The standard InChI is InChI=1S/C18H10N2S/c1-19-12-8-9-17-15(11-12)13-5-4-6-14(18(13)21-17)16-7-2-3-10-20-16/h2-11H. The van der Waals surface area contributed by atoms with Crippen molar-refractivity contribution in [2.45, 2.75) is 0 Å². The predicted molar refractivity (Wildman–Crippen MR) is 88.8 cm³/mol. The van der Waals surface area contributed by atoms with Crippen LogP contribution in [0.25, 0.3) is 36.3 Å². The molecule has 2 aromatic carbocycles. The van der Waals surface area contributed by atoms with E-state index in [0.29, 0.717) is 5.69 Å². The van der Waals surface area contributed by atoms with E-state index in [-0.39, 0.29) is 0 Å². The van der Waals surface area contributed by atoms with Crippen molar-refractivity contribution in [1.29, 1.82) is 0 Å². The summed E-state index contributed by atoms with van der Waals surface area (Å²) in [6, 6.07) is 18.1. The first-order valence-corrected chi connectivity index (χ1v) is 7.42. The Morgan fingerprint density at radius 1 is 0.952 bits per heavy atom. The Labute approximate surface area is 126 Å². The van der Waals surface area contributed by atoms with Crippen molar-refractivity contribution in [3.05, 3.63) is 72.2 Å². The van der Waals surface area contributed by atoms with Crippen LogP contribution in [0.2, 0.25) is 0 Å². The van der Waals surface area contributed by atoms with E-state index in [9.17, 15) is 0 Å². The van der Waals surface area contributed by atoms with Gasteiger partial charge in [0.05, 0.1) is 12.3 Å². The van der Waals surface area contributed by atoms with E-state index < -0.39 is 0 Å². The fraction of sp³-hybridized carbons (Fsp3) is 0.